The topological polar surface area (TPSA) is 50.3 Å². The number of hydrogen-bond acceptors (Lipinski definition) is 4. The summed E-state index contributed by atoms with van der Waals surface area (Å²) in [5, 5.41) is 0. The highest BCUT2D eigenvalue weighted by atomic mass is 15.2. The molecule has 1 saturated heterocycles. The zero-order valence-corrected chi connectivity index (χ0v) is 12.4. The van der Waals surface area contributed by atoms with Gasteiger partial charge in [0.1, 0.15) is 0 Å². The Hall–Kier alpha value is -0.910. The molecule has 5 nitrogen and oxygen atoms in total. The summed E-state index contributed by atoms with van der Waals surface area (Å²) in [7, 11) is 6.36. The number of nitrogens with two attached hydrogens (primary N) is 1. The predicted octanol–water partition coefficient (Wildman–Crippen LogP) is 0.694. The molecule has 2 heterocycles. The van der Waals surface area contributed by atoms with Gasteiger partial charge in [-0.2, -0.15) is 0 Å². The molecule has 1 fully saturated rings. The molecule has 0 radical (unpaired) electrons. The monoisotopic (exact) mass is 265 g/mol. The maximum absolute atomic E-state index is 5.99. The van der Waals surface area contributed by atoms with Crippen molar-refractivity contribution in [2.75, 3.05) is 40.3 Å². The van der Waals surface area contributed by atoms with Crippen molar-refractivity contribution in [1.29, 1.82) is 0 Å². The second kappa shape index (κ2) is 6.50. The molecule has 2 rings (SSSR count). The first-order valence-electron chi connectivity index (χ1n) is 7.17. The number of nitrogens with zero attached hydrogens (tertiary/aromatic N) is 4. The van der Waals surface area contributed by atoms with E-state index in [0.717, 1.165) is 19.0 Å². The molecule has 1 atom stereocenters. The Balaban J connectivity index is 1.94. The van der Waals surface area contributed by atoms with E-state index in [1.807, 2.05) is 19.6 Å². The van der Waals surface area contributed by atoms with Crippen molar-refractivity contribution in [2.24, 2.45) is 18.7 Å². The number of rotatable bonds is 5. The molecule has 0 amide bonds. The van der Waals surface area contributed by atoms with E-state index in [2.05, 4.69) is 33.4 Å². The second-order valence-electron chi connectivity index (χ2n) is 5.92. The van der Waals surface area contributed by atoms with Gasteiger partial charge in [-0.15, -0.1) is 0 Å². The van der Waals surface area contributed by atoms with Crippen LogP contribution in [0.5, 0.6) is 0 Å². The Morgan fingerprint density at radius 1 is 1.42 bits per heavy atom. The minimum Gasteiger partial charge on any atom is -0.336 e. The average molecular weight is 265 g/mol. The van der Waals surface area contributed by atoms with Crippen molar-refractivity contribution in [3.63, 3.8) is 0 Å². The smallest absolute Gasteiger partial charge is 0.0946 e. The van der Waals surface area contributed by atoms with Gasteiger partial charge in [0.15, 0.2) is 0 Å². The van der Waals surface area contributed by atoms with Crippen LogP contribution in [0.4, 0.5) is 0 Å². The minimum absolute atomic E-state index is 0.313. The summed E-state index contributed by atoms with van der Waals surface area (Å²) in [5.74, 6) is 0.830. The first-order valence-corrected chi connectivity index (χ1v) is 7.17. The van der Waals surface area contributed by atoms with Gasteiger partial charge in [0.25, 0.3) is 0 Å². The Morgan fingerprint density at radius 3 is 2.58 bits per heavy atom. The van der Waals surface area contributed by atoms with Crippen molar-refractivity contribution in [3.8, 4) is 0 Å². The zero-order chi connectivity index (χ0) is 13.8. The largest absolute Gasteiger partial charge is 0.336 e. The quantitative estimate of drug-likeness (QED) is 0.851. The van der Waals surface area contributed by atoms with Crippen LogP contribution in [0.15, 0.2) is 12.5 Å². The van der Waals surface area contributed by atoms with Gasteiger partial charge < -0.3 is 15.2 Å². The summed E-state index contributed by atoms with van der Waals surface area (Å²) >= 11 is 0. The van der Waals surface area contributed by atoms with E-state index >= 15 is 0 Å². The maximum atomic E-state index is 5.99. The standard InChI is InChI=1S/C14H27N5/c1-17(2)10-12-4-6-19(7-5-12)13(8-15)14-9-16-11-18(14)3/h9,11-13H,4-8,10,15H2,1-3H3. The van der Waals surface area contributed by atoms with E-state index in [-0.39, 0.29) is 0 Å². The van der Waals surface area contributed by atoms with Gasteiger partial charge in [0.2, 0.25) is 0 Å². The number of aryl methyl sites for hydroxylation is 1. The van der Waals surface area contributed by atoms with E-state index in [1.165, 1.54) is 25.1 Å². The number of imidazole rings is 1. The van der Waals surface area contributed by atoms with Gasteiger partial charge in [-0.3, -0.25) is 4.90 Å². The van der Waals surface area contributed by atoms with Crippen LogP contribution >= 0.6 is 0 Å². The van der Waals surface area contributed by atoms with Gasteiger partial charge in [-0.1, -0.05) is 0 Å². The third-order valence-corrected chi connectivity index (χ3v) is 4.13. The molecule has 0 aliphatic carbocycles. The summed E-state index contributed by atoms with van der Waals surface area (Å²) in [6, 6.07) is 0.313. The van der Waals surface area contributed by atoms with Gasteiger partial charge in [-0.25, -0.2) is 4.98 Å². The molecule has 1 aliphatic heterocycles. The Bertz CT molecular complexity index is 379. The number of aromatic nitrogens is 2. The molecule has 0 bridgehead atoms. The second-order valence-corrected chi connectivity index (χ2v) is 5.92. The van der Waals surface area contributed by atoms with Crippen LogP contribution in [-0.4, -0.2) is 59.6 Å². The average Bonchev–Trinajstić information content (AvgIpc) is 2.78. The van der Waals surface area contributed by atoms with Crippen LogP contribution < -0.4 is 5.73 Å². The Kier molecular flexibility index (Phi) is 4.96. The maximum Gasteiger partial charge on any atom is 0.0946 e. The molecule has 5 heteroatoms. The fourth-order valence-electron chi connectivity index (χ4n) is 3.11. The summed E-state index contributed by atoms with van der Waals surface area (Å²) in [4.78, 5) is 9.02. The third-order valence-electron chi connectivity index (χ3n) is 4.13. The Labute approximate surface area is 116 Å². The van der Waals surface area contributed by atoms with Crippen molar-refractivity contribution >= 4 is 0 Å². The summed E-state index contributed by atoms with van der Waals surface area (Å²) in [5.41, 5.74) is 7.22. The van der Waals surface area contributed by atoms with Crippen LogP contribution in [0.25, 0.3) is 0 Å². The highest BCUT2D eigenvalue weighted by Gasteiger charge is 2.26. The van der Waals surface area contributed by atoms with Gasteiger partial charge in [-0.05, 0) is 45.9 Å². The molecular formula is C14H27N5. The summed E-state index contributed by atoms with van der Waals surface area (Å²) < 4.78 is 2.09. The normalized spacial score (nSPS) is 20.1. The van der Waals surface area contributed by atoms with E-state index in [9.17, 15) is 0 Å². The number of likely N-dealkylation sites (tertiary alicyclic amines) is 1. The SMILES string of the molecule is CN(C)CC1CCN(C(CN)c2cncn2C)CC1. The van der Waals surface area contributed by atoms with Crippen molar-refractivity contribution in [1.82, 2.24) is 19.4 Å². The molecule has 108 valence electrons. The summed E-state index contributed by atoms with van der Waals surface area (Å²) in [6.45, 7) is 4.15. The van der Waals surface area contributed by atoms with Crippen LogP contribution in [0.2, 0.25) is 0 Å². The van der Waals surface area contributed by atoms with E-state index < -0.39 is 0 Å². The van der Waals surface area contributed by atoms with Crippen LogP contribution in [0.1, 0.15) is 24.6 Å². The molecule has 19 heavy (non-hydrogen) atoms. The number of piperidine rings is 1. The van der Waals surface area contributed by atoms with Crippen LogP contribution in [-0.2, 0) is 7.05 Å². The lowest BCUT2D eigenvalue weighted by Gasteiger charge is -2.37. The molecule has 0 saturated carbocycles. The zero-order valence-electron chi connectivity index (χ0n) is 12.4. The van der Waals surface area contributed by atoms with Gasteiger partial charge in [0, 0.05) is 26.3 Å². The number of hydrogen-bond donors (Lipinski definition) is 1. The first-order chi connectivity index (χ1) is 9.11. The van der Waals surface area contributed by atoms with Gasteiger partial charge in [0.05, 0.1) is 18.1 Å². The lowest BCUT2D eigenvalue weighted by molar-refractivity contribution is 0.119. The minimum atomic E-state index is 0.313. The fourth-order valence-corrected chi connectivity index (χ4v) is 3.11. The highest BCUT2D eigenvalue weighted by molar-refractivity contribution is 5.06. The molecule has 1 unspecified atom stereocenters. The predicted molar refractivity (Wildman–Crippen MR) is 77.9 cm³/mol. The third kappa shape index (κ3) is 3.55. The Morgan fingerprint density at radius 2 is 2.11 bits per heavy atom. The van der Waals surface area contributed by atoms with Crippen molar-refractivity contribution < 1.29 is 0 Å². The molecule has 0 spiro atoms. The van der Waals surface area contributed by atoms with E-state index in [4.69, 9.17) is 5.73 Å². The van der Waals surface area contributed by atoms with E-state index in [0.29, 0.717) is 12.6 Å². The highest BCUT2D eigenvalue weighted by Crippen LogP contribution is 2.26. The van der Waals surface area contributed by atoms with E-state index in [1.54, 1.807) is 0 Å². The fraction of sp³-hybridized carbons (Fsp3) is 0.786. The van der Waals surface area contributed by atoms with Crippen LogP contribution in [0, 0.1) is 5.92 Å². The lowest BCUT2D eigenvalue weighted by Crippen LogP contribution is -2.42. The molecule has 0 aromatic carbocycles. The van der Waals surface area contributed by atoms with Crippen LogP contribution in [0.3, 0.4) is 0 Å². The lowest BCUT2D eigenvalue weighted by atomic mass is 9.95. The van der Waals surface area contributed by atoms with Gasteiger partial charge >= 0.3 is 0 Å². The molecule has 2 N–H and O–H groups in total. The summed E-state index contributed by atoms with van der Waals surface area (Å²) in [6.07, 6.45) is 6.35. The van der Waals surface area contributed by atoms with Crippen molar-refractivity contribution in [3.05, 3.63) is 18.2 Å². The van der Waals surface area contributed by atoms with Crippen molar-refractivity contribution in [2.45, 2.75) is 18.9 Å². The first kappa shape index (κ1) is 14.5. The molecule has 1 aliphatic rings. The molecular weight excluding hydrogens is 238 g/mol. The molecule has 1 aromatic rings. The molecule has 1 aromatic heterocycles.